The summed E-state index contributed by atoms with van der Waals surface area (Å²) >= 11 is 0. The molecule has 3 heterocycles. The maximum atomic E-state index is 12.0. The van der Waals surface area contributed by atoms with Crippen molar-refractivity contribution in [2.45, 2.75) is 82.2 Å². The van der Waals surface area contributed by atoms with Crippen molar-refractivity contribution in [2.75, 3.05) is 19.4 Å². The molecule has 2 atom stereocenters. The van der Waals surface area contributed by atoms with Crippen LogP contribution >= 0.6 is 0 Å². The van der Waals surface area contributed by atoms with Gasteiger partial charge in [-0.25, -0.2) is 13.1 Å². The fourth-order valence-electron chi connectivity index (χ4n) is 5.36. The van der Waals surface area contributed by atoms with Crippen LogP contribution in [0.15, 0.2) is 24.3 Å². The maximum Gasteiger partial charge on any atom is 0.209 e. The first-order valence-corrected chi connectivity index (χ1v) is 12.8. The molecule has 2 bridgehead atoms. The summed E-state index contributed by atoms with van der Waals surface area (Å²) in [6, 6.07) is 8.19. The van der Waals surface area contributed by atoms with Gasteiger partial charge in [0.1, 0.15) is 5.75 Å². The van der Waals surface area contributed by atoms with E-state index >= 15 is 0 Å². The summed E-state index contributed by atoms with van der Waals surface area (Å²) in [6.07, 6.45) is 7.51. The van der Waals surface area contributed by atoms with Crippen molar-refractivity contribution in [2.24, 2.45) is 0 Å². The molecule has 1 aliphatic carbocycles. The van der Waals surface area contributed by atoms with Gasteiger partial charge in [-0.1, -0.05) is 18.2 Å². The molecule has 162 valence electrons. The van der Waals surface area contributed by atoms with Crippen molar-refractivity contribution in [1.82, 2.24) is 9.62 Å². The highest BCUT2D eigenvalue weighted by atomic mass is 32.2. The Balaban J connectivity index is 1.70. The Morgan fingerprint density at radius 3 is 2.55 bits per heavy atom. The molecular weight excluding hydrogens is 388 g/mol. The lowest BCUT2D eigenvalue weighted by Gasteiger charge is -2.49. The van der Waals surface area contributed by atoms with E-state index in [9.17, 15) is 8.42 Å². The first-order valence-electron chi connectivity index (χ1n) is 10.9. The molecule has 5 rings (SSSR count). The van der Waals surface area contributed by atoms with E-state index in [1.165, 1.54) is 11.8 Å². The fourth-order valence-corrected chi connectivity index (χ4v) is 6.18. The Morgan fingerprint density at radius 1 is 1.10 bits per heavy atom. The molecule has 6 nitrogen and oxygen atoms in total. The van der Waals surface area contributed by atoms with E-state index in [0.717, 1.165) is 50.8 Å². The maximum absolute atomic E-state index is 12.0. The Bertz CT molecular complexity index is 818. The van der Waals surface area contributed by atoms with E-state index < -0.39 is 15.7 Å². The van der Waals surface area contributed by atoms with Gasteiger partial charge in [0.2, 0.25) is 10.0 Å². The molecule has 7 heteroatoms. The summed E-state index contributed by atoms with van der Waals surface area (Å²) in [7, 11) is -3.29. The number of para-hydroxylation sites is 1. The molecule has 0 aromatic heterocycles. The second kappa shape index (κ2) is 8.17. The van der Waals surface area contributed by atoms with Gasteiger partial charge in [0.25, 0.3) is 0 Å². The summed E-state index contributed by atoms with van der Waals surface area (Å²) in [5, 5.41) is 0. The molecule has 1 aromatic rings. The normalized spacial score (nSPS) is 32.9. The van der Waals surface area contributed by atoms with E-state index in [4.69, 9.17) is 9.47 Å². The lowest BCUT2D eigenvalue weighted by molar-refractivity contribution is -0.126. The van der Waals surface area contributed by atoms with Crippen LogP contribution in [0.25, 0.3) is 0 Å². The quantitative estimate of drug-likeness (QED) is 0.792. The number of piperidine rings is 1. The monoisotopic (exact) mass is 422 g/mol. The van der Waals surface area contributed by atoms with Crippen molar-refractivity contribution in [3.63, 3.8) is 0 Å². The van der Waals surface area contributed by atoms with Crippen LogP contribution in [0.3, 0.4) is 0 Å². The minimum absolute atomic E-state index is 0.0576. The van der Waals surface area contributed by atoms with Crippen molar-refractivity contribution in [3.8, 4) is 5.75 Å². The Kier molecular flexibility index (Phi) is 5.95. The molecule has 29 heavy (non-hydrogen) atoms. The number of hydrogen-bond acceptors (Lipinski definition) is 5. The highest BCUT2D eigenvalue weighted by Crippen LogP contribution is 2.41. The van der Waals surface area contributed by atoms with Crippen LogP contribution in [0.5, 0.6) is 5.75 Å². The molecule has 0 unspecified atom stereocenters. The standard InChI is InChI=1S/C22H34N2O4S/c1-22(2)24-14-6-8-19(23-29(3,25)26)20(24)15-27-17-12-10-16(11-13-17)18-7-4-5-9-21(18)28-22/h4-5,7,9,16-17,19-20,23H,6,8,10-15H2,1-3H3/t16-,17+,19-,20-/m0/s1. The highest BCUT2D eigenvalue weighted by Gasteiger charge is 2.43. The van der Waals surface area contributed by atoms with Crippen molar-refractivity contribution in [3.05, 3.63) is 29.8 Å². The van der Waals surface area contributed by atoms with Crippen LogP contribution in [0.1, 0.15) is 63.9 Å². The number of ether oxygens (including phenoxy) is 2. The third kappa shape index (κ3) is 4.79. The van der Waals surface area contributed by atoms with Crippen LogP contribution in [0.2, 0.25) is 0 Å². The van der Waals surface area contributed by atoms with Crippen LogP contribution in [0, 0.1) is 0 Å². The Labute approximate surface area is 175 Å². The molecule has 1 saturated heterocycles. The van der Waals surface area contributed by atoms with E-state index in [-0.39, 0.29) is 18.2 Å². The molecular formula is C22H34N2O4S. The van der Waals surface area contributed by atoms with Crippen molar-refractivity contribution < 1.29 is 17.9 Å². The Hall–Kier alpha value is -1.15. The summed E-state index contributed by atoms with van der Waals surface area (Å²) in [5.41, 5.74) is 0.722. The largest absolute Gasteiger partial charge is 0.473 e. The van der Waals surface area contributed by atoms with Gasteiger partial charge in [-0.2, -0.15) is 0 Å². The van der Waals surface area contributed by atoms with E-state index in [0.29, 0.717) is 12.5 Å². The third-order valence-corrected chi connectivity index (χ3v) is 7.46. The van der Waals surface area contributed by atoms with E-state index in [1.807, 2.05) is 6.07 Å². The molecule has 0 amide bonds. The second-order valence-electron chi connectivity index (χ2n) is 9.29. The molecule has 4 aliphatic rings. The van der Waals surface area contributed by atoms with Gasteiger partial charge in [-0.3, -0.25) is 4.90 Å². The summed E-state index contributed by atoms with van der Waals surface area (Å²) < 4.78 is 39.9. The van der Waals surface area contributed by atoms with Gasteiger partial charge in [-0.05, 0) is 69.9 Å². The summed E-state index contributed by atoms with van der Waals surface area (Å²) in [4.78, 5) is 2.30. The number of hydrogen-bond donors (Lipinski definition) is 1. The van der Waals surface area contributed by atoms with Crippen LogP contribution in [0.4, 0.5) is 0 Å². The van der Waals surface area contributed by atoms with Gasteiger partial charge >= 0.3 is 0 Å². The van der Waals surface area contributed by atoms with Crippen molar-refractivity contribution in [1.29, 1.82) is 0 Å². The van der Waals surface area contributed by atoms with Crippen LogP contribution in [-0.4, -0.2) is 56.6 Å². The molecule has 1 saturated carbocycles. The predicted octanol–water partition coefficient (Wildman–Crippen LogP) is 3.24. The number of nitrogens with zero attached hydrogens (tertiary/aromatic N) is 1. The van der Waals surface area contributed by atoms with E-state index in [2.05, 4.69) is 41.7 Å². The van der Waals surface area contributed by atoms with E-state index in [1.54, 1.807) is 0 Å². The lowest BCUT2D eigenvalue weighted by Crippen LogP contribution is -2.64. The van der Waals surface area contributed by atoms with Gasteiger partial charge in [0, 0.05) is 12.6 Å². The average molecular weight is 423 g/mol. The first-order chi connectivity index (χ1) is 13.7. The Morgan fingerprint density at radius 2 is 1.83 bits per heavy atom. The zero-order chi connectivity index (χ0) is 20.6. The molecule has 3 aliphatic heterocycles. The second-order valence-corrected chi connectivity index (χ2v) is 11.1. The van der Waals surface area contributed by atoms with Gasteiger partial charge < -0.3 is 9.47 Å². The topological polar surface area (TPSA) is 67.9 Å². The zero-order valence-electron chi connectivity index (χ0n) is 17.8. The zero-order valence-corrected chi connectivity index (χ0v) is 18.6. The smallest absolute Gasteiger partial charge is 0.209 e. The number of fused-ring (bicyclic) bond motifs is 4. The summed E-state index contributed by atoms with van der Waals surface area (Å²) in [5.74, 6) is 1.47. The number of rotatable bonds is 2. The van der Waals surface area contributed by atoms with Gasteiger partial charge in [0.15, 0.2) is 5.72 Å². The first kappa shape index (κ1) is 21.1. The number of benzene rings is 1. The molecule has 0 radical (unpaired) electrons. The highest BCUT2D eigenvalue weighted by molar-refractivity contribution is 7.88. The van der Waals surface area contributed by atoms with Crippen LogP contribution < -0.4 is 9.46 Å². The fraction of sp³-hybridized carbons (Fsp3) is 0.727. The molecule has 2 fully saturated rings. The SMILES string of the molecule is CC1(C)Oc2ccccc2[C@H]2CC[C@H](CC2)OC[C@H]2[C@@H](NS(C)(=O)=O)CCCN21. The molecule has 1 aromatic carbocycles. The third-order valence-electron chi connectivity index (χ3n) is 6.73. The van der Waals surface area contributed by atoms with Gasteiger partial charge in [0.05, 0.1) is 25.0 Å². The predicted molar refractivity (Wildman–Crippen MR) is 114 cm³/mol. The van der Waals surface area contributed by atoms with Crippen molar-refractivity contribution >= 4 is 10.0 Å². The number of nitrogens with one attached hydrogen (secondary N) is 1. The van der Waals surface area contributed by atoms with Gasteiger partial charge in [-0.15, -0.1) is 0 Å². The lowest BCUT2D eigenvalue weighted by atomic mass is 9.82. The average Bonchev–Trinajstić information content (AvgIpc) is 2.65. The number of sulfonamides is 1. The van der Waals surface area contributed by atoms with Crippen LogP contribution in [-0.2, 0) is 14.8 Å². The summed E-state index contributed by atoms with van der Waals surface area (Å²) in [6.45, 7) is 5.56. The minimum atomic E-state index is -3.29. The minimum Gasteiger partial charge on any atom is -0.473 e. The molecule has 1 N–H and O–H groups in total. The molecule has 0 spiro atoms.